The molecule has 28 heavy (non-hydrogen) atoms. The molecule has 1 aromatic heterocycles. The van der Waals surface area contributed by atoms with E-state index in [0.717, 1.165) is 32.5 Å². The number of anilines is 1. The molecule has 1 aliphatic heterocycles. The highest BCUT2D eigenvalue weighted by atomic mass is 32.1. The van der Waals surface area contributed by atoms with Gasteiger partial charge in [0.05, 0.1) is 4.92 Å². The topological polar surface area (TPSA) is 105 Å². The predicted octanol–water partition coefficient (Wildman–Crippen LogP) is 2.62. The van der Waals surface area contributed by atoms with E-state index in [2.05, 4.69) is 32.4 Å². The first-order chi connectivity index (χ1) is 13.5. The third-order valence-electron chi connectivity index (χ3n) is 4.80. The van der Waals surface area contributed by atoms with Crippen molar-refractivity contribution in [3.05, 3.63) is 56.8 Å². The Labute approximate surface area is 166 Å². The number of hydrogen-bond acceptors (Lipinski definition) is 6. The Bertz CT molecular complexity index is 832. The summed E-state index contributed by atoms with van der Waals surface area (Å²) in [7, 11) is 0. The molecule has 8 nitrogen and oxygen atoms in total. The van der Waals surface area contributed by atoms with Crippen LogP contribution in [0.1, 0.15) is 18.4 Å². The molecule has 1 saturated heterocycles. The molecule has 2 N–H and O–H groups in total. The summed E-state index contributed by atoms with van der Waals surface area (Å²) in [4.78, 5) is 36.9. The van der Waals surface area contributed by atoms with Crippen LogP contribution in [0.15, 0.2) is 41.1 Å². The van der Waals surface area contributed by atoms with Gasteiger partial charge in [0.2, 0.25) is 0 Å². The summed E-state index contributed by atoms with van der Waals surface area (Å²) in [5.41, 5.74) is 1.08. The fraction of sp³-hybridized carbons (Fsp3) is 0.368. The van der Waals surface area contributed by atoms with Gasteiger partial charge in [-0.2, -0.15) is 11.3 Å². The summed E-state index contributed by atoms with van der Waals surface area (Å²) < 4.78 is 0. The molecule has 9 heteroatoms. The van der Waals surface area contributed by atoms with Crippen molar-refractivity contribution < 1.29 is 14.5 Å². The summed E-state index contributed by atoms with van der Waals surface area (Å²) in [5, 5.41) is 20.2. The maximum atomic E-state index is 12.0. The Kier molecular flexibility index (Phi) is 6.72. The molecule has 3 rings (SSSR count). The average Bonchev–Trinajstić information content (AvgIpc) is 3.20. The lowest BCUT2D eigenvalue weighted by molar-refractivity contribution is -0.383. The van der Waals surface area contributed by atoms with Crippen LogP contribution in [0.2, 0.25) is 0 Å². The van der Waals surface area contributed by atoms with E-state index in [1.807, 2.05) is 0 Å². The Balaban J connectivity index is 1.42. The van der Waals surface area contributed by atoms with Crippen molar-refractivity contribution in [1.29, 1.82) is 0 Å². The lowest BCUT2D eigenvalue weighted by Crippen LogP contribution is -2.41. The number of likely N-dealkylation sites (tertiary alicyclic amines) is 1. The molecule has 1 aliphatic rings. The highest BCUT2D eigenvalue weighted by molar-refractivity contribution is 7.07. The van der Waals surface area contributed by atoms with Crippen LogP contribution in [0.4, 0.5) is 11.4 Å². The van der Waals surface area contributed by atoms with Crippen molar-refractivity contribution in [3.63, 3.8) is 0 Å². The molecular formula is C19H22N4O4S. The van der Waals surface area contributed by atoms with E-state index in [1.54, 1.807) is 17.4 Å². The number of nitrogens with zero attached hydrogens (tertiary/aromatic N) is 2. The van der Waals surface area contributed by atoms with Crippen molar-refractivity contribution in [2.75, 3.05) is 25.0 Å². The van der Waals surface area contributed by atoms with E-state index in [0.29, 0.717) is 12.5 Å². The number of nitro groups is 1. The molecule has 0 bridgehead atoms. The molecule has 2 amide bonds. The largest absolute Gasteiger partial charge is 0.348 e. The standard InChI is InChI=1S/C19H22N4O4S/c24-18(19(25)21-16-3-1-2-4-17(16)23(26)27)20-11-14-5-8-22(9-6-14)12-15-7-10-28-13-15/h1-4,7,10,13-14H,5-6,8-9,11-12H2,(H,20,24)(H,21,25). The Morgan fingerprint density at radius 2 is 1.93 bits per heavy atom. The molecular weight excluding hydrogens is 380 g/mol. The number of carbonyl (C=O) groups excluding carboxylic acids is 2. The van der Waals surface area contributed by atoms with Crippen LogP contribution in [-0.2, 0) is 16.1 Å². The number of benzene rings is 1. The van der Waals surface area contributed by atoms with Crippen LogP contribution in [-0.4, -0.2) is 41.3 Å². The van der Waals surface area contributed by atoms with E-state index >= 15 is 0 Å². The van der Waals surface area contributed by atoms with Gasteiger partial charge < -0.3 is 10.6 Å². The first-order valence-electron chi connectivity index (χ1n) is 9.09. The molecule has 1 aromatic carbocycles. The number of thiophene rings is 1. The van der Waals surface area contributed by atoms with E-state index in [9.17, 15) is 19.7 Å². The maximum absolute atomic E-state index is 12.0. The highest BCUT2D eigenvalue weighted by Crippen LogP contribution is 2.23. The van der Waals surface area contributed by atoms with Crippen molar-refractivity contribution >= 4 is 34.5 Å². The number of nitrogens with one attached hydrogen (secondary N) is 2. The Morgan fingerprint density at radius 3 is 2.61 bits per heavy atom. The predicted molar refractivity (Wildman–Crippen MR) is 107 cm³/mol. The lowest BCUT2D eigenvalue weighted by atomic mass is 9.96. The molecule has 0 unspecified atom stereocenters. The molecule has 1 fully saturated rings. The molecule has 2 heterocycles. The van der Waals surface area contributed by atoms with Crippen molar-refractivity contribution in [2.24, 2.45) is 5.92 Å². The van der Waals surface area contributed by atoms with Gasteiger partial charge in [-0.1, -0.05) is 12.1 Å². The summed E-state index contributed by atoms with van der Waals surface area (Å²) in [6.45, 7) is 3.29. The van der Waals surface area contributed by atoms with Gasteiger partial charge in [-0.05, 0) is 60.3 Å². The number of rotatable bonds is 6. The maximum Gasteiger partial charge on any atom is 0.313 e. The second-order valence-corrected chi connectivity index (χ2v) is 7.57. The third-order valence-corrected chi connectivity index (χ3v) is 5.53. The van der Waals surface area contributed by atoms with E-state index in [1.165, 1.54) is 23.8 Å². The normalized spacial score (nSPS) is 15.1. The van der Waals surface area contributed by atoms with Crippen LogP contribution >= 0.6 is 11.3 Å². The molecule has 148 valence electrons. The first-order valence-corrected chi connectivity index (χ1v) is 10.0. The summed E-state index contributed by atoms with van der Waals surface area (Å²) >= 11 is 1.70. The number of hydrogen-bond donors (Lipinski definition) is 2. The van der Waals surface area contributed by atoms with Gasteiger partial charge in [-0.15, -0.1) is 0 Å². The van der Waals surface area contributed by atoms with Crippen molar-refractivity contribution in [1.82, 2.24) is 10.2 Å². The first kappa shape index (κ1) is 20.0. The third kappa shape index (κ3) is 5.37. The Hall–Kier alpha value is -2.78. The molecule has 2 aromatic rings. The Morgan fingerprint density at radius 1 is 1.18 bits per heavy atom. The quantitative estimate of drug-likeness (QED) is 0.439. The van der Waals surface area contributed by atoms with E-state index in [-0.39, 0.29) is 11.4 Å². The fourth-order valence-electron chi connectivity index (χ4n) is 3.22. The van der Waals surface area contributed by atoms with Gasteiger partial charge >= 0.3 is 11.8 Å². The zero-order valence-corrected chi connectivity index (χ0v) is 16.1. The minimum Gasteiger partial charge on any atom is -0.348 e. The number of carbonyl (C=O) groups is 2. The average molecular weight is 402 g/mol. The van der Waals surface area contributed by atoms with Gasteiger partial charge in [0.15, 0.2) is 0 Å². The minimum absolute atomic E-state index is 0.00869. The second kappa shape index (κ2) is 9.43. The smallest absolute Gasteiger partial charge is 0.313 e. The van der Waals surface area contributed by atoms with Gasteiger partial charge in [-0.25, -0.2) is 0 Å². The second-order valence-electron chi connectivity index (χ2n) is 6.79. The lowest BCUT2D eigenvalue weighted by Gasteiger charge is -2.31. The van der Waals surface area contributed by atoms with Crippen LogP contribution in [0.25, 0.3) is 0 Å². The molecule has 0 saturated carbocycles. The summed E-state index contributed by atoms with van der Waals surface area (Å²) in [6.07, 6.45) is 1.91. The number of para-hydroxylation sites is 2. The molecule has 0 spiro atoms. The van der Waals surface area contributed by atoms with Crippen LogP contribution in [0, 0.1) is 16.0 Å². The van der Waals surface area contributed by atoms with Crippen LogP contribution < -0.4 is 10.6 Å². The fourth-order valence-corrected chi connectivity index (χ4v) is 3.88. The van der Waals surface area contributed by atoms with E-state index in [4.69, 9.17) is 0 Å². The van der Waals surface area contributed by atoms with Crippen molar-refractivity contribution in [3.8, 4) is 0 Å². The minimum atomic E-state index is -0.899. The number of amides is 2. The van der Waals surface area contributed by atoms with E-state index < -0.39 is 16.7 Å². The van der Waals surface area contributed by atoms with Crippen molar-refractivity contribution in [2.45, 2.75) is 19.4 Å². The number of nitro benzene ring substituents is 1. The molecule has 0 atom stereocenters. The van der Waals surface area contributed by atoms with Crippen LogP contribution in [0.5, 0.6) is 0 Å². The summed E-state index contributed by atoms with van der Waals surface area (Å²) in [6, 6.07) is 7.86. The van der Waals surface area contributed by atoms with Crippen LogP contribution in [0.3, 0.4) is 0 Å². The zero-order valence-electron chi connectivity index (χ0n) is 15.3. The SMILES string of the molecule is O=C(NCC1CCN(Cc2ccsc2)CC1)C(=O)Nc1ccccc1[N+](=O)[O-]. The van der Waals surface area contributed by atoms with Gasteiger partial charge in [0.25, 0.3) is 5.69 Å². The molecule has 0 radical (unpaired) electrons. The monoisotopic (exact) mass is 402 g/mol. The van der Waals surface area contributed by atoms with Gasteiger partial charge in [-0.3, -0.25) is 24.6 Å². The zero-order chi connectivity index (χ0) is 19.9. The van der Waals surface area contributed by atoms with Gasteiger partial charge in [0, 0.05) is 19.2 Å². The summed E-state index contributed by atoms with van der Waals surface area (Å²) in [5.74, 6) is -1.36. The van der Waals surface area contributed by atoms with Gasteiger partial charge in [0.1, 0.15) is 5.69 Å². The molecule has 0 aliphatic carbocycles. The highest BCUT2D eigenvalue weighted by Gasteiger charge is 2.23. The number of piperidine rings is 1.